The van der Waals surface area contributed by atoms with Crippen LogP contribution in [-0.4, -0.2) is 24.9 Å². The van der Waals surface area contributed by atoms with Gasteiger partial charge in [-0.15, -0.1) is 11.3 Å². The summed E-state index contributed by atoms with van der Waals surface area (Å²) in [6, 6.07) is 51.5. The molecular formula is C49H31N5OS. The topological polar surface area (TPSA) is 77.6 Å². The molecule has 0 saturated heterocycles. The molecule has 6 aromatic carbocycles. The van der Waals surface area contributed by atoms with E-state index in [0.717, 1.165) is 71.9 Å². The molecule has 56 heavy (non-hydrogen) atoms. The molecule has 0 aliphatic heterocycles. The van der Waals surface area contributed by atoms with Crippen LogP contribution < -0.4 is 0 Å². The van der Waals surface area contributed by atoms with E-state index in [-0.39, 0.29) is 5.92 Å². The highest BCUT2D eigenvalue weighted by atomic mass is 32.1. The molecule has 0 spiro atoms. The first-order valence-electron chi connectivity index (χ1n) is 18.7. The van der Waals surface area contributed by atoms with Crippen LogP contribution in [0.2, 0.25) is 0 Å². The molecule has 10 aromatic rings. The number of fused-ring (bicyclic) bond motifs is 6. The monoisotopic (exact) mass is 737 g/mol. The van der Waals surface area contributed by atoms with Gasteiger partial charge in [0.25, 0.3) is 0 Å². The number of furan rings is 1. The lowest BCUT2D eigenvalue weighted by molar-refractivity contribution is 0.669. The van der Waals surface area contributed by atoms with E-state index in [1.807, 2.05) is 72.8 Å². The van der Waals surface area contributed by atoms with Gasteiger partial charge >= 0.3 is 0 Å². The lowest BCUT2D eigenvalue weighted by Gasteiger charge is -2.18. The highest BCUT2D eigenvalue weighted by Crippen LogP contribution is 2.42. The molecule has 0 saturated carbocycles. The molecule has 1 atom stereocenters. The first-order chi connectivity index (χ1) is 27.7. The molecule has 4 aromatic heterocycles. The Morgan fingerprint density at radius 1 is 0.518 bits per heavy atom. The zero-order chi connectivity index (χ0) is 37.0. The van der Waals surface area contributed by atoms with Crippen LogP contribution in [0.15, 0.2) is 174 Å². The summed E-state index contributed by atoms with van der Waals surface area (Å²) >= 11 is 1.77. The Bertz CT molecular complexity index is 3110. The van der Waals surface area contributed by atoms with Gasteiger partial charge in [0.05, 0.1) is 15.9 Å². The van der Waals surface area contributed by atoms with E-state index in [4.69, 9.17) is 29.3 Å². The van der Waals surface area contributed by atoms with Crippen molar-refractivity contribution in [3.05, 3.63) is 181 Å². The van der Waals surface area contributed by atoms with Gasteiger partial charge in [0.2, 0.25) is 0 Å². The largest absolute Gasteiger partial charge is 0.456 e. The van der Waals surface area contributed by atoms with Crippen LogP contribution in [0.4, 0.5) is 0 Å². The van der Waals surface area contributed by atoms with E-state index >= 15 is 0 Å². The fourth-order valence-electron chi connectivity index (χ4n) is 7.77. The average molecular weight is 738 g/mol. The van der Waals surface area contributed by atoms with Crippen LogP contribution in [0.3, 0.4) is 0 Å². The summed E-state index contributed by atoms with van der Waals surface area (Å²) in [7, 11) is 0. The molecular weight excluding hydrogens is 707 g/mol. The summed E-state index contributed by atoms with van der Waals surface area (Å²) in [5.41, 5.74) is 9.57. The molecule has 6 nitrogen and oxygen atoms in total. The minimum atomic E-state index is 0.104. The van der Waals surface area contributed by atoms with Crippen LogP contribution in [0.5, 0.6) is 0 Å². The first kappa shape index (κ1) is 32.3. The van der Waals surface area contributed by atoms with Gasteiger partial charge in [-0.3, -0.25) is 0 Å². The third kappa shape index (κ3) is 5.60. The molecule has 1 aliphatic carbocycles. The van der Waals surface area contributed by atoms with Crippen LogP contribution in [0.25, 0.3) is 93.4 Å². The summed E-state index contributed by atoms with van der Waals surface area (Å²) in [4.78, 5) is 25.6. The van der Waals surface area contributed by atoms with Crippen LogP contribution in [0.1, 0.15) is 23.6 Å². The molecule has 7 heteroatoms. The number of benzene rings is 6. The Morgan fingerprint density at radius 3 is 1.93 bits per heavy atom. The minimum Gasteiger partial charge on any atom is -0.456 e. The Balaban J connectivity index is 1.07. The quantitative estimate of drug-likeness (QED) is 0.169. The van der Waals surface area contributed by atoms with Gasteiger partial charge in [-0.05, 0) is 41.8 Å². The number of rotatable bonds is 6. The summed E-state index contributed by atoms with van der Waals surface area (Å²) in [6.07, 6.45) is 7.73. The second kappa shape index (κ2) is 13.3. The Hall–Kier alpha value is -7.09. The van der Waals surface area contributed by atoms with Crippen molar-refractivity contribution in [2.24, 2.45) is 0 Å². The van der Waals surface area contributed by atoms with Crippen molar-refractivity contribution in [3.8, 4) is 45.6 Å². The number of hydrogen-bond donors (Lipinski definition) is 0. The van der Waals surface area contributed by atoms with Crippen LogP contribution in [0, 0.1) is 0 Å². The van der Waals surface area contributed by atoms with Gasteiger partial charge in [0, 0.05) is 49.0 Å². The van der Waals surface area contributed by atoms with Gasteiger partial charge in [-0.1, -0.05) is 146 Å². The average Bonchev–Trinajstić information content (AvgIpc) is 3.85. The standard InChI is InChI=1S/C49H31N5OS/c1-4-14-30(15-5-1)33-20-12-21-34(28-33)43-45-44(37-22-10-11-25-41(37)56-45)51-48(50-43)35-26-27-36-40(29-35)55-39-24-13-23-38(42(36)39)49-53-46(31-16-6-2-7-17-31)52-47(54-49)32-18-8-3-9-19-32/h1-20,22-29,34H,21H2. The zero-order valence-electron chi connectivity index (χ0n) is 30.0. The molecule has 0 amide bonds. The molecule has 11 rings (SSSR count). The molecule has 0 N–H and O–H groups in total. The Kier molecular flexibility index (Phi) is 7.70. The van der Waals surface area contributed by atoms with E-state index in [1.54, 1.807) is 11.3 Å². The van der Waals surface area contributed by atoms with Crippen molar-refractivity contribution >= 4 is 59.2 Å². The Morgan fingerprint density at radius 2 is 1.18 bits per heavy atom. The highest BCUT2D eigenvalue weighted by Gasteiger charge is 2.23. The minimum absolute atomic E-state index is 0.104. The number of thiophene rings is 1. The second-order valence-electron chi connectivity index (χ2n) is 14.0. The summed E-state index contributed by atoms with van der Waals surface area (Å²) in [6.45, 7) is 0. The van der Waals surface area contributed by atoms with E-state index in [1.165, 1.54) is 15.8 Å². The van der Waals surface area contributed by atoms with Crippen LogP contribution >= 0.6 is 11.3 Å². The van der Waals surface area contributed by atoms with E-state index in [2.05, 4.69) is 97.1 Å². The summed E-state index contributed by atoms with van der Waals surface area (Å²) < 4.78 is 8.96. The van der Waals surface area contributed by atoms with Gasteiger partial charge in [0.1, 0.15) is 11.2 Å². The molecule has 0 bridgehead atoms. The van der Waals surface area contributed by atoms with Gasteiger partial charge in [-0.2, -0.15) is 0 Å². The molecule has 264 valence electrons. The van der Waals surface area contributed by atoms with E-state index < -0.39 is 0 Å². The predicted octanol–water partition coefficient (Wildman–Crippen LogP) is 12.7. The maximum Gasteiger partial charge on any atom is 0.164 e. The van der Waals surface area contributed by atoms with Crippen molar-refractivity contribution in [3.63, 3.8) is 0 Å². The van der Waals surface area contributed by atoms with Crippen molar-refractivity contribution in [1.29, 1.82) is 0 Å². The summed E-state index contributed by atoms with van der Waals surface area (Å²) in [5.74, 6) is 2.60. The van der Waals surface area contributed by atoms with Crippen molar-refractivity contribution in [2.75, 3.05) is 0 Å². The van der Waals surface area contributed by atoms with Crippen molar-refractivity contribution < 1.29 is 4.42 Å². The molecule has 4 heterocycles. The fourth-order valence-corrected chi connectivity index (χ4v) is 8.96. The third-order valence-electron chi connectivity index (χ3n) is 10.5. The number of allylic oxidation sites excluding steroid dienone is 4. The lowest BCUT2D eigenvalue weighted by atomic mass is 9.90. The second-order valence-corrected chi connectivity index (χ2v) is 15.0. The molecule has 1 aliphatic rings. The zero-order valence-corrected chi connectivity index (χ0v) is 30.8. The number of hydrogen-bond acceptors (Lipinski definition) is 7. The third-order valence-corrected chi connectivity index (χ3v) is 11.7. The maximum atomic E-state index is 6.62. The number of aromatic nitrogens is 5. The fraction of sp³-hybridized carbons (Fsp3) is 0.0408. The first-order valence-corrected chi connectivity index (χ1v) is 19.5. The van der Waals surface area contributed by atoms with Crippen LogP contribution in [-0.2, 0) is 0 Å². The molecule has 0 radical (unpaired) electrons. The molecule has 0 fully saturated rings. The van der Waals surface area contributed by atoms with Crippen molar-refractivity contribution in [2.45, 2.75) is 12.3 Å². The van der Waals surface area contributed by atoms with E-state index in [9.17, 15) is 0 Å². The normalized spacial score (nSPS) is 14.2. The van der Waals surface area contributed by atoms with E-state index in [0.29, 0.717) is 23.3 Å². The van der Waals surface area contributed by atoms with Gasteiger partial charge < -0.3 is 4.42 Å². The highest BCUT2D eigenvalue weighted by molar-refractivity contribution is 7.25. The summed E-state index contributed by atoms with van der Waals surface area (Å²) in [5, 5.41) is 3.07. The van der Waals surface area contributed by atoms with Gasteiger partial charge in [-0.25, -0.2) is 24.9 Å². The van der Waals surface area contributed by atoms with Crippen molar-refractivity contribution in [1.82, 2.24) is 24.9 Å². The lowest BCUT2D eigenvalue weighted by Crippen LogP contribution is -2.04. The molecule has 1 unspecified atom stereocenters. The predicted molar refractivity (Wildman–Crippen MR) is 228 cm³/mol. The SMILES string of the molecule is C1=CC(c2ccccc2)=CC(c2nc(-c3ccc4c(c3)oc3cccc(-c5nc(-c6ccccc6)nc(-c6ccccc6)n5)c34)nc3c2sc2ccccc23)C1. The number of nitrogens with zero attached hydrogens (tertiary/aromatic N) is 5. The van der Waals surface area contributed by atoms with Gasteiger partial charge in [0.15, 0.2) is 23.3 Å². The Labute approximate surface area is 326 Å². The maximum absolute atomic E-state index is 6.62. The smallest absolute Gasteiger partial charge is 0.164 e.